The first-order valence-corrected chi connectivity index (χ1v) is 3.84. The molecule has 0 aromatic carbocycles. The molecule has 13 heavy (non-hydrogen) atoms. The molecule has 4 N–H and O–H groups in total. The highest BCUT2D eigenvalue weighted by molar-refractivity contribution is 5.92. The summed E-state index contributed by atoms with van der Waals surface area (Å²) in [5.74, 6) is -0.0552. The number of methoxy groups -OCH3 is 1. The number of ether oxygens (including phenoxy) is 1. The van der Waals surface area contributed by atoms with Crippen molar-refractivity contribution in [3.63, 3.8) is 0 Å². The van der Waals surface area contributed by atoms with E-state index in [4.69, 9.17) is 10.9 Å². The van der Waals surface area contributed by atoms with E-state index in [0.29, 0.717) is 6.42 Å². The van der Waals surface area contributed by atoms with Crippen LogP contribution in [0.4, 0.5) is 4.79 Å². The summed E-state index contributed by atoms with van der Waals surface area (Å²) in [5.41, 5.74) is 4.52. The summed E-state index contributed by atoms with van der Waals surface area (Å²) in [7, 11) is 1.25. The molecule has 0 aliphatic heterocycles. The molecule has 6 nitrogen and oxygen atoms in total. The molecule has 6 heteroatoms. The van der Waals surface area contributed by atoms with Gasteiger partial charge in [0.25, 0.3) is 0 Å². The van der Waals surface area contributed by atoms with Crippen LogP contribution >= 0.6 is 0 Å². The average molecular weight is 189 g/mol. The zero-order chi connectivity index (χ0) is 10.5. The quantitative estimate of drug-likeness (QED) is 0.257. The lowest BCUT2D eigenvalue weighted by Crippen LogP contribution is -2.55. The van der Waals surface area contributed by atoms with Crippen LogP contribution in [0.25, 0.3) is 0 Å². The van der Waals surface area contributed by atoms with E-state index in [1.165, 1.54) is 7.11 Å². The van der Waals surface area contributed by atoms with Gasteiger partial charge in [-0.2, -0.15) is 0 Å². The molecular weight excluding hydrogens is 174 g/mol. The Kier molecular flexibility index (Phi) is 4.03. The van der Waals surface area contributed by atoms with Crippen LogP contribution < -0.4 is 11.1 Å². The van der Waals surface area contributed by atoms with Crippen molar-refractivity contribution in [3.05, 3.63) is 0 Å². The monoisotopic (exact) mass is 189 g/mol. The Balaban J connectivity index is 4.55. The highest BCUT2D eigenvalue weighted by Crippen LogP contribution is 2.09. The van der Waals surface area contributed by atoms with Gasteiger partial charge < -0.3 is 21.0 Å². The van der Waals surface area contributed by atoms with Crippen molar-refractivity contribution in [2.24, 2.45) is 10.9 Å². The fraction of sp³-hybridized carbons (Fsp3) is 0.714. The van der Waals surface area contributed by atoms with Gasteiger partial charge in [0.2, 0.25) is 0 Å². The van der Waals surface area contributed by atoms with Gasteiger partial charge in [0.1, 0.15) is 5.54 Å². The van der Waals surface area contributed by atoms with Gasteiger partial charge in [-0.1, -0.05) is 12.1 Å². The lowest BCUT2D eigenvalue weighted by atomic mass is 9.98. The predicted octanol–water partition coefficient (Wildman–Crippen LogP) is 0.258. The van der Waals surface area contributed by atoms with E-state index in [1.54, 1.807) is 13.8 Å². The number of alkyl carbamates (subject to hydrolysis) is 1. The van der Waals surface area contributed by atoms with Crippen LogP contribution in [0, 0.1) is 0 Å². The van der Waals surface area contributed by atoms with Crippen molar-refractivity contribution >= 4 is 11.9 Å². The molecule has 1 amide bonds. The van der Waals surface area contributed by atoms with E-state index >= 15 is 0 Å². The Morgan fingerprint density at radius 1 is 1.77 bits per heavy atom. The SMILES string of the molecule is CCC(C)(NC(=O)OC)/C(N)=N/O. The van der Waals surface area contributed by atoms with Crippen molar-refractivity contribution < 1.29 is 14.7 Å². The second kappa shape index (κ2) is 4.54. The van der Waals surface area contributed by atoms with E-state index in [0.717, 1.165) is 0 Å². The van der Waals surface area contributed by atoms with E-state index in [-0.39, 0.29) is 5.84 Å². The van der Waals surface area contributed by atoms with Gasteiger partial charge in [0, 0.05) is 0 Å². The number of nitrogens with zero attached hydrogens (tertiary/aromatic N) is 1. The Labute approximate surface area is 76.7 Å². The third-order valence-electron chi connectivity index (χ3n) is 1.94. The minimum absolute atomic E-state index is 0.0552. The molecule has 0 saturated heterocycles. The number of nitrogens with one attached hydrogen (secondary N) is 1. The van der Waals surface area contributed by atoms with Crippen molar-refractivity contribution in [1.29, 1.82) is 0 Å². The number of oxime groups is 1. The first kappa shape index (κ1) is 11.5. The molecule has 0 radical (unpaired) electrons. The standard InChI is InChI=1S/C7H15N3O3/c1-4-7(2,5(8)10-12)9-6(11)13-3/h12H,4H2,1-3H3,(H2,8,10)(H,9,11). The van der Waals surface area contributed by atoms with Gasteiger partial charge in [0.05, 0.1) is 7.11 Å². The Hall–Kier alpha value is -1.46. The number of hydrogen-bond donors (Lipinski definition) is 3. The number of nitrogens with two attached hydrogens (primary N) is 1. The zero-order valence-electron chi connectivity index (χ0n) is 8.00. The second-order valence-electron chi connectivity index (χ2n) is 2.79. The van der Waals surface area contributed by atoms with E-state index < -0.39 is 11.6 Å². The predicted molar refractivity (Wildman–Crippen MR) is 47.6 cm³/mol. The summed E-state index contributed by atoms with van der Waals surface area (Å²) in [6.45, 7) is 3.44. The Morgan fingerprint density at radius 3 is 2.62 bits per heavy atom. The molecule has 0 saturated carbocycles. The average Bonchev–Trinajstić information content (AvgIpc) is 2.15. The molecular formula is C7H15N3O3. The molecule has 0 aliphatic rings. The van der Waals surface area contributed by atoms with Crippen LogP contribution in [0.1, 0.15) is 20.3 Å². The number of hydrogen-bond acceptors (Lipinski definition) is 4. The highest BCUT2D eigenvalue weighted by Gasteiger charge is 2.29. The molecule has 0 spiro atoms. The normalized spacial score (nSPS) is 16.1. The molecule has 76 valence electrons. The summed E-state index contributed by atoms with van der Waals surface area (Å²) in [4.78, 5) is 10.9. The summed E-state index contributed by atoms with van der Waals surface area (Å²) in [6.07, 6.45) is -0.117. The Bertz CT molecular complexity index is 217. The van der Waals surface area contributed by atoms with Crippen molar-refractivity contribution in [1.82, 2.24) is 5.32 Å². The zero-order valence-corrected chi connectivity index (χ0v) is 8.00. The van der Waals surface area contributed by atoms with E-state index in [1.807, 2.05) is 0 Å². The largest absolute Gasteiger partial charge is 0.453 e. The lowest BCUT2D eigenvalue weighted by Gasteiger charge is -2.26. The minimum atomic E-state index is -0.873. The van der Waals surface area contributed by atoms with Gasteiger partial charge in [-0.3, -0.25) is 0 Å². The third-order valence-corrected chi connectivity index (χ3v) is 1.94. The minimum Gasteiger partial charge on any atom is -0.453 e. The third kappa shape index (κ3) is 2.81. The molecule has 0 aromatic rings. The van der Waals surface area contributed by atoms with Gasteiger partial charge in [-0.05, 0) is 13.3 Å². The lowest BCUT2D eigenvalue weighted by molar-refractivity contribution is 0.163. The van der Waals surface area contributed by atoms with Gasteiger partial charge in [-0.25, -0.2) is 4.79 Å². The van der Waals surface area contributed by atoms with Gasteiger partial charge in [-0.15, -0.1) is 0 Å². The summed E-state index contributed by atoms with van der Waals surface area (Å²) in [5, 5.41) is 13.8. The molecule has 0 aromatic heterocycles. The highest BCUT2D eigenvalue weighted by atomic mass is 16.5. The molecule has 1 unspecified atom stereocenters. The number of carbonyl (C=O) groups excluding carboxylic acids is 1. The fourth-order valence-corrected chi connectivity index (χ4v) is 0.720. The molecule has 0 aliphatic carbocycles. The maximum Gasteiger partial charge on any atom is 0.407 e. The summed E-state index contributed by atoms with van der Waals surface area (Å²) >= 11 is 0. The van der Waals surface area contributed by atoms with Crippen LogP contribution in [-0.4, -0.2) is 29.8 Å². The second-order valence-corrected chi connectivity index (χ2v) is 2.79. The van der Waals surface area contributed by atoms with E-state index in [9.17, 15) is 4.79 Å². The van der Waals surface area contributed by atoms with Crippen LogP contribution in [-0.2, 0) is 4.74 Å². The summed E-state index contributed by atoms with van der Waals surface area (Å²) < 4.78 is 4.40. The van der Waals surface area contributed by atoms with Crippen molar-refractivity contribution in [2.45, 2.75) is 25.8 Å². The van der Waals surface area contributed by atoms with Crippen molar-refractivity contribution in [2.75, 3.05) is 7.11 Å². The van der Waals surface area contributed by atoms with Crippen LogP contribution in [0.15, 0.2) is 5.16 Å². The molecule has 1 atom stereocenters. The topological polar surface area (TPSA) is 96.9 Å². The molecule has 0 heterocycles. The molecule has 0 fully saturated rings. The van der Waals surface area contributed by atoms with Gasteiger partial charge in [0.15, 0.2) is 5.84 Å². The first-order valence-electron chi connectivity index (χ1n) is 3.84. The smallest absolute Gasteiger partial charge is 0.407 e. The van der Waals surface area contributed by atoms with Crippen LogP contribution in [0.2, 0.25) is 0 Å². The Morgan fingerprint density at radius 2 is 2.31 bits per heavy atom. The number of rotatable bonds is 3. The maximum atomic E-state index is 10.9. The first-order chi connectivity index (χ1) is 6.00. The van der Waals surface area contributed by atoms with E-state index in [2.05, 4.69) is 15.2 Å². The maximum absolute atomic E-state index is 10.9. The van der Waals surface area contributed by atoms with Crippen LogP contribution in [0.3, 0.4) is 0 Å². The fourth-order valence-electron chi connectivity index (χ4n) is 0.720. The number of amidine groups is 1. The summed E-state index contributed by atoms with van der Waals surface area (Å²) in [6, 6.07) is 0. The van der Waals surface area contributed by atoms with Crippen LogP contribution in [0.5, 0.6) is 0 Å². The van der Waals surface area contributed by atoms with Gasteiger partial charge >= 0.3 is 6.09 Å². The number of carbonyl (C=O) groups is 1. The molecule has 0 rings (SSSR count). The molecule has 0 bridgehead atoms. The van der Waals surface area contributed by atoms with Crippen molar-refractivity contribution in [3.8, 4) is 0 Å². The number of amides is 1.